The van der Waals surface area contributed by atoms with Crippen LogP contribution < -0.4 is 5.73 Å². The topological polar surface area (TPSA) is 81.3 Å². The van der Waals surface area contributed by atoms with E-state index in [0.717, 1.165) is 31.0 Å². The Balaban J connectivity index is 1.82. The van der Waals surface area contributed by atoms with Gasteiger partial charge in [0.15, 0.2) is 5.16 Å². The monoisotopic (exact) mass is 324 g/mol. The zero-order valence-electron chi connectivity index (χ0n) is 13.6. The van der Waals surface area contributed by atoms with E-state index in [9.17, 15) is 4.79 Å². The summed E-state index contributed by atoms with van der Waals surface area (Å²) in [5.41, 5.74) is 6.15. The summed E-state index contributed by atoms with van der Waals surface area (Å²) in [6.45, 7) is 9.03. The number of carbonyl (C=O) groups excluding carboxylic acids is 1. The molecule has 22 heavy (non-hydrogen) atoms. The number of anilines is 1. The molecule has 0 spiro atoms. The number of thioether (sulfide) groups is 1. The molecule has 1 aliphatic heterocycles. The van der Waals surface area contributed by atoms with Gasteiger partial charge in [0, 0.05) is 30.6 Å². The molecule has 1 aromatic rings. The highest BCUT2D eigenvalue weighted by Gasteiger charge is 2.29. The summed E-state index contributed by atoms with van der Waals surface area (Å²) in [5.74, 6) is 1.81. The molecule has 6 nitrogen and oxygen atoms in total. The molecular weight excluding hydrogens is 300 g/mol. The molecule has 0 unspecified atom stereocenters. The van der Waals surface area contributed by atoms with Crippen molar-refractivity contribution in [2.75, 3.05) is 24.6 Å². The van der Waals surface area contributed by atoms with E-state index in [-0.39, 0.29) is 6.09 Å². The van der Waals surface area contributed by atoms with Gasteiger partial charge in [0.25, 0.3) is 0 Å². The molecule has 2 N–H and O–H groups in total. The molecule has 1 saturated heterocycles. The van der Waals surface area contributed by atoms with Crippen molar-refractivity contribution in [3.63, 3.8) is 0 Å². The van der Waals surface area contributed by atoms with Crippen LogP contribution in [0.3, 0.4) is 0 Å². The Bertz CT molecular complexity index is 525. The van der Waals surface area contributed by atoms with Crippen LogP contribution in [-0.4, -0.2) is 45.4 Å². The first-order valence-corrected chi connectivity index (χ1v) is 8.43. The van der Waals surface area contributed by atoms with Gasteiger partial charge in [0.1, 0.15) is 11.4 Å². The van der Waals surface area contributed by atoms with Gasteiger partial charge < -0.3 is 15.4 Å². The van der Waals surface area contributed by atoms with Crippen LogP contribution in [0.5, 0.6) is 0 Å². The Morgan fingerprint density at radius 2 is 2.23 bits per heavy atom. The van der Waals surface area contributed by atoms with E-state index in [1.54, 1.807) is 22.7 Å². The number of aromatic nitrogens is 2. The van der Waals surface area contributed by atoms with Crippen molar-refractivity contribution in [3.05, 3.63) is 11.8 Å². The molecule has 0 radical (unpaired) electrons. The minimum Gasteiger partial charge on any atom is -0.444 e. The second-order valence-corrected chi connectivity index (χ2v) is 7.60. The highest BCUT2D eigenvalue weighted by Crippen LogP contribution is 2.25. The van der Waals surface area contributed by atoms with Crippen LogP contribution in [0.15, 0.2) is 11.2 Å². The molecule has 1 fully saturated rings. The maximum absolute atomic E-state index is 12.0. The third kappa shape index (κ3) is 5.05. The standard InChI is InChI=1S/C15H24N4O2S/c1-10-7-12(16)18-13(17-10)22-9-11-5-6-19(8-11)14(20)21-15(2,3)4/h7,11H,5-6,8-9H2,1-4H3,(H2,16,17,18)/t11-/m1/s1. The molecule has 2 heterocycles. The van der Waals surface area contributed by atoms with Crippen LogP contribution >= 0.6 is 11.8 Å². The Morgan fingerprint density at radius 3 is 2.86 bits per heavy atom. The van der Waals surface area contributed by atoms with E-state index in [1.807, 2.05) is 27.7 Å². The second kappa shape index (κ2) is 6.73. The summed E-state index contributed by atoms with van der Waals surface area (Å²) in [7, 11) is 0. The third-order valence-electron chi connectivity index (χ3n) is 3.24. The fraction of sp³-hybridized carbons (Fsp3) is 0.667. The third-order valence-corrected chi connectivity index (χ3v) is 4.32. The molecule has 1 amide bonds. The predicted molar refractivity (Wildman–Crippen MR) is 87.8 cm³/mol. The van der Waals surface area contributed by atoms with Crippen LogP contribution in [0.4, 0.5) is 10.6 Å². The summed E-state index contributed by atoms with van der Waals surface area (Å²) in [6, 6.07) is 1.75. The Labute approximate surface area is 135 Å². The fourth-order valence-electron chi connectivity index (χ4n) is 2.28. The lowest BCUT2D eigenvalue weighted by molar-refractivity contribution is 0.0289. The van der Waals surface area contributed by atoms with Crippen molar-refractivity contribution in [1.82, 2.24) is 14.9 Å². The average Bonchev–Trinajstić information content (AvgIpc) is 2.82. The molecular formula is C15H24N4O2S. The fourth-order valence-corrected chi connectivity index (χ4v) is 3.32. The molecule has 2 rings (SSSR count). The molecule has 0 bridgehead atoms. The number of rotatable bonds is 3. The lowest BCUT2D eigenvalue weighted by atomic mass is 10.2. The number of hydrogen-bond acceptors (Lipinski definition) is 6. The van der Waals surface area contributed by atoms with E-state index < -0.39 is 5.60 Å². The smallest absolute Gasteiger partial charge is 0.410 e. The van der Waals surface area contributed by atoms with Crippen molar-refractivity contribution in [1.29, 1.82) is 0 Å². The van der Waals surface area contributed by atoms with Crippen LogP contribution in [0.1, 0.15) is 32.9 Å². The lowest BCUT2D eigenvalue weighted by Crippen LogP contribution is -2.35. The number of carbonyl (C=O) groups is 1. The van der Waals surface area contributed by atoms with Gasteiger partial charge in [0.2, 0.25) is 0 Å². The highest BCUT2D eigenvalue weighted by atomic mass is 32.2. The van der Waals surface area contributed by atoms with Gasteiger partial charge >= 0.3 is 6.09 Å². The zero-order valence-corrected chi connectivity index (χ0v) is 14.4. The average molecular weight is 324 g/mol. The Hall–Kier alpha value is -1.50. The zero-order chi connectivity index (χ0) is 16.3. The summed E-state index contributed by atoms with van der Waals surface area (Å²) in [5, 5.41) is 0.702. The largest absolute Gasteiger partial charge is 0.444 e. The number of likely N-dealkylation sites (tertiary alicyclic amines) is 1. The van der Waals surface area contributed by atoms with Crippen molar-refractivity contribution in [2.45, 2.75) is 44.9 Å². The molecule has 0 aromatic carbocycles. The molecule has 122 valence electrons. The molecule has 0 aliphatic carbocycles. The van der Waals surface area contributed by atoms with E-state index in [0.29, 0.717) is 16.9 Å². The minimum absolute atomic E-state index is 0.226. The van der Waals surface area contributed by atoms with Gasteiger partial charge in [-0.1, -0.05) is 11.8 Å². The van der Waals surface area contributed by atoms with Crippen molar-refractivity contribution in [2.24, 2.45) is 5.92 Å². The van der Waals surface area contributed by atoms with E-state index in [1.165, 1.54) is 0 Å². The molecule has 1 atom stereocenters. The van der Waals surface area contributed by atoms with Gasteiger partial charge in [-0.05, 0) is 40.0 Å². The number of hydrogen-bond donors (Lipinski definition) is 1. The Kier molecular flexibility index (Phi) is 5.16. The number of nitrogen functional groups attached to an aromatic ring is 1. The summed E-state index contributed by atoms with van der Waals surface area (Å²) >= 11 is 1.59. The molecule has 1 aliphatic rings. The van der Waals surface area contributed by atoms with E-state index >= 15 is 0 Å². The minimum atomic E-state index is -0.448. The SMILES string of the molecule is Cc1cc(N)nc(SC[C@@H]2CCN(C(=O)OC(C)(C)C)C2)n1. The highest BCUT2D eigenvalue weighted by molar-refractivity contribution is 7.99. The lowest BCUT2D eigenvalue weighted by Gasteiger charge is -2.24. The maximum atomic E-state index is 12.0. The van der Waals surface area contributed by atoms with Crippen molar-refractivity contribution < 1.29 is 9.53 Å². The van der Waals surface area contributed by atoms with Gasteiger partial charge in [-0.3, -0.25) is 0 Å². The van der Waals surface area contributed by atoms with Gasteiger partial charge in [0.05, 0.1) is 0 Å². The van der Waals surface area contributed by atoms with Crippen LogP contribution in [0, 0.1) is 12.8 Å². The number of amides is 1. The maximum Gasteiger partial charge on any atom is 0.410 e. The van der Waals surface area contributed by atoms with Crippen LogP contribution in [0.25, 0.3) is 0 Å². The first-order chi connectivity index (χ1) is 10.2. The number of nitrogens with two attached hydrogens (primary N) is 1. The predicted octanol–water partition coefficient (Wildman–Crippen LogP) is 2.72. The van der Waals surface area contributed by atoms with E-state index in [2.05, 4.69) is 9.97 Å². The quantitative estimate of drug-likeness (QED) is 0.680. The van der Waals surface area contributed by atoms with Gasteiger partial charge in [-0.15, -0.1) is 0 Å². The normalized spacial score (nSPS) is 18.5. The molecule has 7 heteroatoms. The molecule has 0 saturated carbocycles. The molecule has 1 aromatic heterocycles. The number of aryl methyl sites for hydroxylation is 1. The first-order valence-electron chi connectivity index (χ1n) is 7.45. The van der Waals surface area contributed by atoms with Crippen LogP contribution in [0.2, 0.25) is 0 Å². The van der Waals surface area contributed by atoms with Crippen LogP contribution in [-0.2, 0) is 4.74 Å². The summed E-state index contributed by atoms with van der Waals surface area (Å²) < 4.78 is 5.40. The number of nitrogens with zero attached hydrogens (tertiary/aromatic N) is 3. The van der Waals surface area contributed by atoms with Crippen molar-refractivity contribution in [3.8, 4) is 0 Å². The van der Waals surface area contributed by atoms with Gasteiger partial charge in [-0.25, -0.2) is 14.8 Å². The summed E-state index contributed by atoms with van der Waals surface area (Å²) in [6.07, 6.45) is 0.754. The Morgan fingerprint density at radius 1 is 1.50 bits per heavy atom. The van der Waals surface area contributed by atoms with Crippen molar-refractivity contribution >= 4 is 23.7 Å². The van der Waals surface area contributed by atoms with Gasteiger partial charge in [-0.2, -0.15) is 0 Å². The first kappa shape index (κ1) is 16.9. The number of ether oxygens (including phenoxy) is 1. The van der Waals surface area contributed by atoms with E-state index in [4.69, 9.17) is 10.5 Å². The summed E-state index contributed by atoms with van der Waals surface area (Å²) in [4.78, 5) is 22.4. The second-order valence-electron chi connectivity index (χ2n) is 6.61.